The summed E-state index contributed by atoms with van der Waals surface area (Å²) in [5.41, 5.74) is 1.95. The van der Waals surface area contributed by atoms with E-state index in [1.54, 1.807) is 36.4 Å². The van der Waals surface area contributed by atoms with Crippen molar-refractivity contribution in [3.8, 4) is 0 Å². The number of aromatic amines is 2. The zero-order valence-electron chi connectivity index (χ0n) is 13.8. The lowest BCUT2D eigenvalue weighted by Crippen LogP contribution is -2.19. The summed E-state index contributed by atoms with van der Waals surface area (Å²) in [4.78, 5) is 29.3. The summed E-state index contributed by atoms with van der Waals surface area (Å²) in [5.74, 6) is 0. The largest absolute Gasteiger partial charge is 0.322 e. The minimum absolute atomic E-state index is 0.146. The van der Waals surface area contributed by atoms with E-state index < -0.39 is 0 Å². The Morgan fingerprint density at radius 1 is 0.889 bits per heavy atom. The van der Waals surface area contributed by atoms with Crippen molar-refractivity contribution < 1.29 is 0 Å². The third-order valence-corrected chi connectivity index (χ3v) is 5.62. The number of hydrogen-bond acceptors (Lipinski definition) is 3. The van der Waals surface area contributed by atoms with Gasteiger partial charge >= 0.3 is 0 Å². The summed E-state index contributed by atoms with van der Waals surface area (Å²) in [5, 5.41) is 1.93. The molecule has 0 fully saturated rings. The summed E-state index contributed by atoms with van der Waals surface area (Å²) in [6.07, 6.45) is 3.57. The van der Waals surface area contributed by atoms with E-state index in [-0.39, 0.29) is 11.1 Å². The molecule has 2 heterocycles. The smallest absolute Gasteiger partial charge is 0.266 e. The van der Waals surface area contributed by atoms with Gasteiger partial charge in [0.25, 0.3) is 5.56 Å². The Labute approximate surface area is 167 Å². The molecule has 0 amide bonds. The molecule has 0 saturated heterocycles. The van der Waals surface area contributed by atoms with E-state index in [1.807, 2.05) is 18.2 Å². The van der Waals surface area contributed by atoms with Crippen LogP contribution in [0.3, 0.4) is 0 Å². The van der Waals surface area contributed by atoms with E-state index in [2.05, 4.69) is 9.97 Å². The Morgan fingerprint density at radius 2 is 1.67 bits per heavy atom. The number of nitrogens with one attached hydrogen (secondary N) is 2. The first kappa shape index (κ1) is 17.8. The average Bonchev–Trinajstić information content (AvgIpc) is 2.98. The molecule has 0 aliphatic carbocycles. The van der Waals surface area contributed by atoms with Crippen molar-refractivity contribution in [1.29, 1.82) is 0 Å². The number of aromatic nitrogens is 2. The van der Waals surface area contributed by atoms with Gasteiger partial charge in [0.15, 0.2) is 0 Å². The molecule has 2 aromatic carbocycles. The molecule has 0 aliphatic heterocycles. The van der Waals surface area contributed by atoms with Gasteiger partial charge in [-0.25, -0.2) is 0 Å². The van der Waals surface area contributed by atoms with E-state index in [1.165, 1.54) is 17.4 Å². The fourth-order valence-electron chi connectivity index (χ4n) is 2.72. The van der Waals surface area contributed by atoms with Gasteiger partial charge in [0, 0.05) is 27.2 Å². The maximum Gasteiger partial charge on any atom is 0.266 e. The van der Waals surface area contributed by atoms with Crippen molar-refractivity contribution in [3.05, 3.63) is 99.6 Å². The third-order valence-electron chi connectivity index (χ3n) is 4.00. The van der Waals surface area contributed by atoms with Gasteiger partial charge in [-0.1, -0.05) is 35.3 Å². The van der Waals surface area contributed by atoms with Crippen LogP contribution in [0, 0.1) is 0 Å². The second-order valence-electron chi connectivity index (χ2n) is 5.88. The lowest BCUT2D eigenvalue weighted by molar-refractivity contribution is 1.25. The van der Waals surface area contributed by atoms with Gasteiger partial charge < -0.3 is 9.97 Å². The number of hydrogen-bond donors (Lipinski definition) is 2. The molecule has 4 rings (SSSR count). The van der Waals surface area contributed by atoms with Crippen LogP contribution < -0.4 is 20.3 Å². The second-order valence-corrected chi connectivity index (χ2v) is 7.78. The van der Waals surface area contributed by atoms with E-state index >= 15 is 0 Å². The molecule has 27 heavy (non-hydrogen) atoms. The fraction of sp³-hybridized carbons (Fsp3) is 0. The molecule has 0 aliphatic rings. The molecular formula is C20H12Cl2N2O2S. The molecule has 134 valence electrons. The monoisotopic (exact) mass is 414 g/mol. The molecule has 0 spiro atoms. The Bertz CT molecular complexity index is 1380. The summed E-state index contributed by atoms with van der Waals surface area (Å²) in [6, 6.07) is 14.1. The van der Waals surface area contributed by atoms with Crippen LogP contribution in [0.4, 0.5) is 0 Å². The lowest BCUT2D eigenvalue weighted by Gasteiger charge is -1.99. The van der Waals surface area contributed by atoms with Crippen molar-refractivity contribution in [3.63, 3.8) is 0 Å². The average molecular weight is 415 g/mol. The van der Waals surface area contributed by atoms with Crippen LogP contribution in [0.15, 0.2) is 58.1 Å². The molecule has 4 aromatic rings. The first-order chi connectivity index (χ1) is 13.0. The Morgan fingerprint density at radius 3 is 2.44 bits per heavy atom. The Hall–Kier alpha value is -2.60. The quantitative estimate of drug-likeness (QED) is 0.528. The van der Waals surface area contributed by atoms with E-state index in [0.29, 0.717) is 24.8 Å². The predicted octanol–water partition coefficient (Wildman–Crippen LogP) is 3.24. The zero-order chi connectivity index (χ0) is 19.0. The van der Waals surface area contributed by atoms with Crippen LogP contribution in [-0.2, 0) is 0 Å². The predicted molar refractivity (Wildman–Crippen MR) is 112 cm³/mol. The van der Waals surface area contributed by atoms with Crippen molar-refractivity contribution in [2.24, 2.45) is 0 Å². The van der Waals surface area contributed by atoms with Crippen molar-refractivity contribution in [2.75, 3.05) is 0 Å². The van der Waals surface area contributed by atoms with Gasteiger partial charge in [-0.2, -0.15) is 0 Å². The minimum Gasteiger partial charge on any atom is -0.322 e. The van der Waals surface area contributed by atoms with Gasteiger partial charge in [0.2, 0.25) is 5.56 Å². The lowest BCUT2D eigenvalue weighted by atomic mass is 10.1. The standard InChI is InChI=1S/C20H12Cl2N2O2S/c21-14-2-1-3-15(22)13(14)10-19-24-20(26)17(27-19)9-11-4-6-16-12(8-11)5-7-18(25)23-16/h1-10H,(H,23,25)(H,24,26)/b17-9?,19-10-. The van der Waals surface area contributed by atoms with Gasteiger partial charge in [-0.05, 0) is 53.4 Å². The zero-order valence-corrected chi connectivity index (χ0v) is 16.1. The van der Waals surface area contributed by atoms with Gasteiger partial charge in [0.1, 0.15) is 0 Å². The number of pyridine rings is 1. The minimum atomic E-state index is -0.184. The number of fused-ring (bicyclic) bond motifs is 1. The first-order valence-corrected chi connectivity index (χ1v) is 9.56. The SMILES string of the molecule is O=c1ccc2cc(C=c3s/c(=C\c4c(Cl)cccc4Cl)[nH]c3=O)ccc2[nH]1. The summed E-state index contributed by atoms with van der Waals surface area (Å²) in [6.45, 7) is 0. The van der Waals surface area contributed by atoms with Crippen LogP contribution in [0.1, 0.15) is 11.1 Å². The third kappa shape index (κ3) is 3.76. The van der Waals surface area contributed by atoms with E-state index in [9.17, 15) is 9.59 Å². The number of thiazole rings is 1. The number of halogens is 2. The molecule has 0 bridgehead atoms. The second kappa shape index (κ2) is 7.19. The normalized spacial score (nSPS) is 12.8. The molecule has 0 radical (unpaired) electrons. The van der Waals surface area contributed by atoms with Crippen molar-refractivity contribution in [2.45, 2.75) is 0 Å². The van der Waals surface area contributed by atoms with Gasteiger partial charge in [-0.3, -0.25) is 9.59 Å². The highest BCUT2D eigenvalue weighted by Crippen LogP contribution is 2.24. The summed E-state index contributed by atoms with van der Waals surface area (Å²) < 4.78 is 1.22. The maximum atomic E-state index is 12.3. The van der Waals surface area contributed by atoms with E-state index in [4.69, 9.17) is 23.2 Å². The Kier molecular flexibility index (Phi) is 4.74. The highest BCUT2D eigenvalue weighted by atomic mass is 35.5. The van der Waals surface area contributed by atoms with Crippen molar-refractivity contribution >= 4 is 57.6 Å². The van der Waals surface area contributed by atoms with E-state index in [0.717, 1.165) is 16.5 Å². The molecule has 0 unspecified atom stereocenters. The number of H-pyrrole nitrogens is 2. The van der Waals surface area contributed by atoms with Crippen LogP contribution in [-0.4, -0.2) is 9.97 Å². The number of rotatable bonds is 2. The highest BCUT2D eigenvalue weighted by molar-refractivity contribution is 7.07. The fourth-order valence-corrected chi connectivity index (χ4v) is 4.12. The van der Waals surface area contributed by atoms with Crippen LogP contribution >= 0.6 is 34.5 Å². The van der Waals surface area contributed by atoms with Crippen molar-refractivity contribution in [1.82, 2.24) is 9.97 Å². The van der Waals surface area contributed by atoms with Gasteiger partial charge in [-0.15, -0.1) is 11.3 Å². The summed E-state index contributed by atoms with van der Waals surface area (Å²) in [7, 11) is 0. The number of benzene rings is 2. The molecule has 2 N–H and O–H groups in total. The maximum absolute atomic E-state index is 12.3. The molecule has 0 saturated carbocycles. The molecule has 2 aromatic heterocycles. The Balaban J connectivity index is 1.82. The molecule has 0 atom stereocenters. The highest BCUT2D eigenvalue weighted by Gasteiger charge is 2.03. The molecule has 7 heteroatoms. The van der Waals surface area contributed by atoms with Crippen LogP contribution in [0.2, 0.25) is 10.0 Å². The van der Waals surface area contributed by atoms with Crippen LogP contribution in [0.5, 0.6) is 0 Å². The van der Waals surface area contributed by atoms with Gasteiger partial charge in [0.05, 0.1) is 9.20 Å². The topological polar surface area (TPSA) is 65.7 Å². The van der Waals surface area contributed by atoms with Crippen LogP contribution in [0.25, 0.3) is 23.1 Å². The molecule has 4 nitrogen and oxygen atoms in total. The summed E-state index contributed by atoms with van der Waals surface area (Å²) >= 11 is 13.7. The first-order valence-electron chi connectivity index (χ1n) is 7.99. The molecular weight excluding hydrogens is 403 g/mol.